The molecule has 0 spiro atoms. The number of unbranched alkanes of at least 4 members (excludes halogenated alkanes) is 13. The summed E-state index contributed by atoms with van der Waals surface area (Å²) >= 11 is 0. The molecule has 0 rings (SSSR count). The van der Waals surface area contributed by atoms with Crippen LogP contribution in [0.4, 0.5) is 0 Å². The van der Waals surface area contributed by atoms with Crippen LogP contribution in [0.25, 0.3) is 0 Å². The van der Waals surface area contributed by atoms with Crippen LogP contribution in [-0.2, 0) is 19.1 Å². The number of hydrogen-bond donors (Lipinski definition) is 1. The molecule has 0 aliphatic heterocycles. The van der Waals surface area contributed by atoms with Crippen LogP contribution in [0, 0.1) is 0 Å². The lowest BCUT2D eigenvalue weighted by Gasteiger charge is -2.15. The molecule has 1 atom stereocenters. The molecule has 0 bridgehead atoms. The predicted molar refractivity (Wildman–Crippen MR) is 242 cm³/mol. The minimum Gasteiger partial charge on any atom is -0.462 e. The Balaban J connectivity index is 3.62. The van der Waals surface area contributed by atoms with Gasteiger partial charge in [0, 0.05) is 12.8 Å². The third kappa shape index (κ3) is 43.3. The molecule has 0 aromatic carbocycles. The molecule has 316 valence electrons. The Kier molecular flexibility index (Phi) is 43.1. The summed E-state index contributed by atoms with van der Waals surface area (Å²) in [6, 6.07) is 0. The first-order chi connectivity index (χ1) is 27.6. The zero-order chi connectivity index (χ0) is 40.7. The largest absolute Gasteiger partial charge is 0.462 e. The molecule has 0 aromatic rings. The number of esters is 2. The molecular weight excluding hydrogens is 693 g/mol. The van der Waals surface area contributed by atoms with Crippen molar-refractivity contribution < 1.29 is 24.2 Å². The maximum Gasteiger partial charge on any atom is 0.306 e. The van der Waals surface area contributed by atoms with E-state index in [2.05, 4.69) is 123 Å². The molecule has 5 nitrogen and oxygen atoms in total. The Hall–Kier alpha value is -3.44. The van der Waals surface area contributed by atoms with Crippen molar-refractivity contribution in [2.24, 2.45) is 0 Å². The number of carbonyl (C=O) groups excluding carboxylic acids is 2. The number of aliphatic hydroxyl groups excluding tert-OH is 1. The maximum absolute atomic E-state index is 12.2. The van der Waals surface area contributed by atoms with Gasteiger partial charge in [-0.1, -0.05) is 187 Å². The molecule has 0 heterocycles. The van der Waals surface area contributed by atoms with Crippen molar-refractivity contribution in [3.8, 4) is 0 Å². The topological polar surface area (TPSA) is 72.8 Å². The molecule has 1 unspecified atom stereocenters. The first-order valence-electron chi connectivity index (χ1n) is 22.4. The van der Waals surface area contributed by atoms with Gasteiger partial charge in [-0.15, -0.1) is 0 Å². The Bertz CT molecular complexity index is 1150. The number of allylic oxidation sites excluding steroid dienone is 18. The van der Waals surface area contributed by atoms with Gasteiger partial charge in [-0.3, -0.25) is 9.59 Å². The minimum atomic E-state index is -0.809. The van der Waals surface area contributed by atoms with Gasteiger partial charge >= 0.3 is 11.9 Å². The van der Waals surface area contributed by atoms with Crippen molar-refractivity contribution in [3.05, 3.63) is 109 Å². The third-order valence-electron chi connectivity index (χ3n) is 9.06. The molecule has 0 aromatic heterocycles. The normalized spacial score (nSPS) is 13.3. The number of hydrogen-bond acceptors (Lipinski definition) is 5. The first-order valence-corrected chi connectivity index (χ1v) is 22.4. The highest BCUT2D eigenvalue weighted by molar-refractivity contribution is 5.70. The molecule has 0 saturated carbocycles. The van der Waals surface area contributed by atoms with Gasteiger partial charge in [-0.2, -0.15) is 0 Å². The molecule has 0 saturated heterocycles. The van der Waals surface area contributed by atoms with Gasteiger partial charge in [0.25, 0.3) is 0 Å². The van der Waals surface area contributed by atoms with Crippen LogP contribution < -0.4 is 0 Å². The monoisotopic (exact) mass is 775 g/mol. The van der Waals surface area contributed by atoms with E-state index in [0.717, 1.165) is 83.5 Å². The second-order valence-corrected chi connectivity index (χ2v) is 14.4. The van der Waals surface area contributed by atoms with Crippen molar-refractivity contribution in [3.63, 3.8) is 0 Å². The fourth-order valence-corrected chi connectivity index (χ4v) is 5.76. The van der Waals surface area contributed by atoms with Crippen LogP contribution in [0.15, 0.2) is 109 Å². The smallest absolute Gasteiger partial charge is 0.306 e. The zero-order valence-corrected chi connectivity index (χ0v) is 35.8. The van der Waals surface area contributed by atoms with Gasteiger partial charge in [0.1, 0.15) is 6.61 Å². The van der Waals surface area contributed by atoms with Crippen molar-refractivity contribution in [1.82, 2.24) is 0 Å². The highest BCUT2D eigenvalue weighted by atomic mass is 16.6. The molecule has 0 amide bonds. The van der Waals surface area contributed by atoms with Gasteiger partial charge in [0.15, 0.2) is 6.10 Å². The number of ether oxygens (including phenoxy) is 2. The van der Waals surface area contributed by atoms with Gasteiger partial charge in [0.05, 0.1) is 6.61 Å². The molecular formula is C51H82O5. The SMILES string of the molecule is CC/C=C\C/C=C\C/C=C\C/C=C\C/C=C\CCCC(=O)OC(CO)COC(=O)CCCCCCCCCCCCCC/C=C\C/C=C\C/C=C\C/C=C\CC. The molecule has 0 radical (unpaired) electrons. The van der Waals surface area contributed by atoms with E-state index >= 15 is 0 Å². The summed E-state index contributed by atoms with van der Waals surface area (Å²) in [6.07, 6.45) is 66.0. The van der Waals surface area contributed by atoms with Crippen molar-refractivity contribution in [2.75, 3.05) is 13.2 Å². The number of rotatable bonds is 39. The quantitative estimate of drug-likeness (QED) is 0.0382. The van der Waals surface area contributed by atoms with E-state index in [9.17, 15) is 14.7 Å². The average molecular weight is 775 g/mol. The summed E-state index contributed by atoms with van der Waals surface area (Å²) in [5.41, 5.74) is 0. The van der Waals surface area contributed by atoms with Crippen LogP contribution in [0.1, 0.15) is 181 Å². The molecule has 0 fully saturated rings. The Morgan fingerprint density at radius 1 is 0.411 bits per heavy atom. The summed E-state index contributed by atoms with van der Waals surface area (Å²) in [5, 5.41) is 9.58. The third-order valence-corrected chi connectivity index (χ3v) is 9.06. The van der Waals surface area contributed by atoms with Crippen molar-refractivity contribution in [2.45, 2.75) is 187 Å². The second kappa shape index (κ2) is 45.9. The van der Waals surface area contributed by atoms with E-state index in [0.29, 0.717) is 12.8 Å². The summed E-state index contributed by atoms with van der Waals surface area (Å²) in [5.74, 6) is -0.669. The van der Waals surface area contributed by atoms with Crippen LogP contribution in [0.5, 0.6) is 0 Å². The standard InChI is InChI=1S/C51H82O5/c1-3-5-7-9-11-13-15-17-19-21-22-23-24-25-26-27-28-30-31-33-35-37-39-41-43-45-50(53)55-48-49(47-52)56-51(54)46-44-42-40-38-36-34-32-29-20-18-16-14-12-10-8-6-4-2/h5-8,11-14,17-20,22-23,32,34,38,40,49,52H,3-4,9-10,15-16,21,24-31,33,35-37,39,41-48H2,1-2H3/b7-5-,8-6-,13-11-,14-12-,19-17-,20-18-,23-22-,34-32-,40-38-. The van der Waals surface area contributed by atoms with Gasteiger partial charge in [-0.25, -0.2) is 0 Å². The lowest BCUT2D eigenvalue weighted by Crippen LogP contribution is -2.28. The van der Waals surface area contributed by atoms with E-state index in [4.69, 9.17) is 9.47 Å². The molecule has 56 heavy (non-hydrogen) atoms. The van der Waals surface area contributed by atoms with Gasteiger partial charge < -0.3 is 14.6 Å². The van der Waals surface area contributed by atoms with E-state index < -0.39 is 6.10 Å². The van der Waals surface area contributed by atoms with Gasteiger partial charge in [0.2, 0.25) is 0 Å². The Morgan fingerprint density at radius 2 is 0.732 bits per heavy atom. The fourth-order valence-electron chi connectivity index (χ4n) is 5.76. The number of aliphatic hydroxyl groups is 1. The first kappa shape index (κ1) is 52.6. The van der Waals surface area contributed by atoms with Crippen molar-refractivity contribution in [1.29, 1.82) is 0 Å². The van der Waals surface area contributed by atoms with Crippen molar-refractivity contribution >= 4 is 11.9 Å². The van der Waals surface area contributed by atoms with E-state index in [1.165, 1.54) is 64.2 Å². The highest BCUT2D eigenvalue weighted by Gasteiger charge is 2.16. The van der Waals surface area contributed by atoms with E-state index in [1.807, 2.05) is 0 Å². The van der Waals surface area contributed by atoms with E-state index in [1.54, 1.807) is 0 Å². The summed E-state index contributed by atoms with van der Waals surface area (Å²) in [6.45, 7) is 3.85. The van der Waals surface area contributed by atoms with Crippen LogP contribution >= 0.6 is 0 Å². The summed E-state index contributed by atoms with van der Waals surface area (Å²) < 4.78 is 10.6. The summed E-state index contributed by atoms with van der Waals surface area (Å²) in [7, 11) is 0. The predicted octanol–water partition coefficient (Wildman–Crippen LogP) is 14.6. The molecule has 5 heteroatoms. The lowest BCUT2D eigenvalue weighted by atomic mass is 10.0. The second-order valence-electron chi connectivity index (χ2n) is 14.4. The molecule has 1 N–H and O–H groups in total. The fraction of sp³-hybridized carbons (Fsp3) is 0.608. The zero-order valence-electron chi connectivity index (χ0n) is 35.8. The molecule has 0 aliphatic rings. The van der Waals surface area contributed by atoms with E-state index in [-0.39, 0.29) is 31.6 Å². The number of carbonyl (C=O) groups is 2. The Morgan fingerprint density at radius 3 is 1.12 bits per heavy atom. The van der Waals surface area contributed by atoms with Crippen LogP contribution in [-0.4, -0.2) is 36.4 Å². The lowest BCUT2D eigenvalue weighted by molar-refractivity contribution is -0.161. The Labute approximate surface area is 344 Å². The van der Waals surface area contributed by atoms with Crippen LogP contribution in [0.3, 0.4) is 0 Å². The molecule has 0 aliphatic carbocycles. The average Bonchev–Trinajstić information content (AvgIpc) is 3.20. The van der Waals surface area contributed by atoms with Gasteiger partial charge in [-0.05, 0) is 89.9 Å². The minimum absolute atomic E-state index is 0.0961. The van der Waals surface area contributed by atoms with Crippen LogP contribution in [0.2, 0.25) is 0 Å². The summed E-state index contributed by atoms with van der Waals surface area (Å²) in [4.78, 5) is 24.3. The highest BCUT2D eigenvalue weighted by Crippen LogP contribution is 2.14. The maximum atomic E-state index is 12.2.